The first kappa shape index (κ1) is 20.3. The molecule has 5 heteroatoms. The first-order valence-corrected chi connectivity index (χ1v) is 9.32. The Hall–Kier alpha value is -0.980. The molecule has 1 N–H and O–H groups in total. The quantitative estimate of drug-likeness (QED) is 0.413. The number of aliphatic imine (C=N–C) groups is 1. The Morgan fingerprint density at radius 3 is 2.72 bits per heavy atom. The van der Waals surface area contributed by atoms with Gasteiger partial charge in [0.25, 0.3) is 0 Å². The monoisotopic (exact) mass is 457 g/mol. The van der Waals surface area contributed by atoms with Crippen LogP contribution in [0.3, 0.4) is 0 Å². The second kappa shape index (κ2) is 9.10. The third kappa shape index (κ3) is 4.80. The highest BCUT2D eigenvalue weighted by atomic mass is 127. The summed E-state index contributed by atoms with van der Waals surface area (Å²) in [7, 11) is 1.73. The molecule has 0 radical (unpaired) electrons. The Kier molecular flexibility index (Phi) is 7.40. The van der Waals surface area contributed by atoms with Crippen molar-refractivity contribution >= 4 is 29.9 Å². The Morgan fingerprint density at radius 1 is 1.32 bits per heavy atom. The van der Waals surface area contributed by atoms with Gasteiger partial charge in [-0.05, 0) is 62.1 Å². The van der Waals surface area contributed by atoms with Crippen molar-refractivity contribution in [2.24, 2.45) is 10.4 Å². The van der Waals surface area contributed by atoms with Crippen LogP contribution in [0, 0.1) is 12.3 Å². The molecular weight excluding hydrogens is 425 g/mol. The number of aryl methyl sites for hydroxylation is 1. The van der Waals surface area contributed by atoms with E-state index in [1.54, 1.807) is 7.11 Å². The van der Waals surface area contributed by atoms with Gasteiger partial charge in [-0.25, -0.2) is 0 Å². The van der Waals surface area contributed by atoms with Gasteiger partial charge in [-0.2, -0.15) is 0 Å². The maximum absolute atomic E-state index is 5.42. The van der Waals surface area contributed by atoms with E-state index in [1.165, 1.54) is 43.4 Å². The predicted molar refractivity (Wildman–Crippen MR) is 115 cm³/mol. The summed E-state index contributed by atoms with van der Waals surface area (Å²) in [5.41, 5.74) is 3.08. The van der Waals surface area contributed by atoms with Crippen LogP contribution in [0.25, 0.3) is 0 Å². The molecule has 1 saturated carbocycles. The molecule has 140 valence electrons. The van der Waals surface area contributed by atoms with Crippen molar-refractivity contribution in [3.8, 4) is 5.75 Å². The lowest BCUT2D eigenvalue weighted by Gasteiger charge is -2.38. The predicted octanol–water partition coefficient (Wildman–Crippen LogP) is 4.01. The van der Waals surface area contributed by atoms with E-state index in [4.69, 9.17) is 9.73 Å². The molecule has 2 fully saturated rings. The largest absolute Gasteiger partial charge is 0.496 e. The molecule has 1 aromatic rings. The average Bonchev–Trinajstić information content (AvgIpc) is 3.01. The molecule has 4 nitrogen and oxygen atoms in total. The summed E-state index contributed by atoms with van der Waals surface area (Å²) in [6, 6.07) is 6.44. The molecular formula is C20H32IN3O. The lowest BCUT2D eigenvalue weighted by Crippen LogP contribution is -2.42. The third-order valence-corrected chi connectivity index (χ3v) is 5.62. The van der Waals surface area contributed by atoms with Crippen LogP contribution >= 0.6 is 24.0 Å². The zero-order chi connectivity index (χ0) is 17.0. The minimum absolute atomic E-state index is 0. The fourth-order valence-corrected chi connectivity index (χ4v) is 3.94. The van der Waals surface area contributed by atoms with Crippen LogP contribution in [-0.2, 0) is 6.42 Å². The van der Waals surface area contributed by atoms with Gasteiger partial charge in [0.2, 0.25) is 0 Å². The summed E-state index contributed by atoms with van der Waals surface area (Å²) in [6.07, 6.45) is 6.52. The van der Waals surface area contributed by atoms with Gasteiger partial charge in [-0.3, -0.25) is 4.99 Å². The van der Waals surface area contributed by atoms with Gasteiger partial charge in [0.15, 0.2) is 5.96 Å². The molecule has 1 saturated heterocycles. The van der Waals surface area contributed by atoms with E-state index >= 15 is 0 Å². The minimum atomic E-state index is 0. The van der Waals surface area contributed by atoms with Crippen molar-refractivity contribution in [3.05, 3.63) is 29.3 Å². The van der Waals surface area contributed by atoms with Gasteiger partial charge in [-0.15, -0.1) is 24.0 Å². The Balaban J connectivity index is 0.00000225. The summed E-state index contributed by atoms with van der Waals surface area (Å²) in [5.74, 6) is 2.07. The molecule has 0 aromatic heterocycles. The maximum atomic E-state index is 5.42. The lowest BCUT2D eigenvalue weighted by molar-refractivity contribution is 0.151. The fourth-order valence-electron chi connectivity index (χ4n) is 3.94. The number of halogens is 1. The maximum Gasteiger partial charge on any atom is 0.193 e. The summed E-state index contributed by atoms with van der Waals surface area (Å²) >= 11 is 0. The van der Waals surface area contributed by atoms with E-state index in [1.807, 2.05) is 0 Å². The molecule has 0 unspecified atom stereocenters. The number of likely N-dealkylation sites (tertiary alicyclic amines) is 1. The van der Waals surface area contributed by atoms with E-state index < -0.39 is 0 Å². The number of ether oxygens (including phenoxy) is 1. The smallest absolute Gasteiger partial charge is 0.193 e. The summed E-state index contributed by atoms with van der Waals surface area (Å²) < 4.78 is 5.42. The molecule has 1 spiro atoms. The van der Waals surface area contributed by atoms with Gasteiger partial charge < -0.3 is 15.0 Å². The normalized spacial score (nSPS) is 18.7. The highest BCUT2D eigenvalue weighted by Crippen LogP contribution is 2.47. The molecule has 1 aliphatic heterocycles. The molecule has 1 aliphatic carbocycles. The molecule has 0 atom stereocenters. The van der Waals surface area contributed by atoms with E-state index in [0.29, 0.717) is 5.41 Å². The van der Waals surface area contributed by atoms with Crippen molar-refractivity contribution in [1.29, 1.82) is 0 Å². The van der Waals surface area contributed by atoms with Crippen molar-refractivity contribution in [3.63, 3.8) is 0 Å². The van der Waals surface area contributed by atoms with Crippen molar-refractivity contribution in [1.82, 2.24) is 10.2 Å². The van der Waals surface area contributed by atoms with E-state index in [9.17, 15) is 0 Å². The fraction of sp³-hybridized carbons (Fsp3) is 0.650. The number of hydrogen-bond acceptors (Lipinski definition) is 2. The van der Waals surface area contributed by atoms with E-state index in [0.717, 1.165) is 37.8 Å². The van der Waals surface area contributed by atoms with E-state index in [2.05, 4.69) is 42.3 Å². The molecule has 0 bridgehead atoms. The molecule has 0 amide bonds. The SMILES string of the molecule is CCNC(=NCCc1ccc(C)c(OC)c1)N1CCC2(CCC2)C1.I. The lowest BCUT2D eigenvalue weighted by atomic mass is 9.68. The Labute approximate surface area is 169 Å². The van der Waals surface area contributed by atoms with Crippen LogP contribution in [0.1, 0.15) is 43.7 Å². The molecule has 1 heterocycles. The van der Waals surface area contributed by atoms with Gasteiger partial charge in [-0.1, -0.05) is 18.6 Å². The van der Waals surface area contributed by atoms with Crippen LogP contribution in [0.2, 0.25) is 0 Å². The second-order valence-corrected chi connectivity index (χ2v) is 7.31. The number of methoxy groups -OCH3 is 1. The first-order valence-electron chi connectivity index (χ1n) is 9.32. The number of benzene rings is 1. The highest BCUT2D eigenvalue weighted by molar-refractivity contribution is 14.0. The van der Waals surface area contributed by atoms with E-state index in [-0.39, 0.29) is 24.0 Å². The highest BCUT2D eigenvalue weighted by Gasteiger charge is 2.43. The molecule has 1 aromatic carbocycles. The van der Waals surface area contributed by atoms with Crippen LogP contribution in [0.5, 0.6) is 5.75 Å². The van der Waals surface area contributed by atoms with Crippen molar-refractivity contribution in [2.75, 3.05) is 33.3 Å². The second-order valence-electron chi connectivity index (χ2n) is 7.31. The third-order valence-electron chi connectivity index (χ3n) is 5.62. The van der Waals surface area contributed by atoms with Crippen LogP contribution in [0.15, 0.2) is 23.2 Å². The molecule has 2 aliphatic rings. The van der Waals surface area contributed by atoms with Crippen LogP contribution < -0.4 is 10.1 Å². The Bertz CT molecular complexity index is 599. The van der Waals surface area contributed by atoms with Gasteiger partial charge in [0, 0.05) is 26.2 Å². The number of hydrogen-bond donors (Lipinski definition) is 1. The van der Waals surface area contributed by atoms with Crippen molar-refractivity contribution < 1.29 is 4.74 Å². The van der Waals surface area contributed by atoms with Crippen molar-refractivity contribution in [2.45, 2.75) is 46.0 Å². The zero-order valence-corrected chi connectivity index (χ0v) is 18.1. The first-order chi connectivity index (χ1) is 11.7. The number of nitrogens with one attached hydrogen (secondary N) is 1. The van der Waals surface area contributed by atoms with Gasteiger partial charge >= 0.3 is 0 Å². The summed E-state index contributed by atoms with van der Waals surface area (Å²) in [4.78, 5) is 7.35. The minimum Gasteiger partial charge on any atom is -0.496 e. The van der Waals surface area contributed by atoms with Gasteiger partial charge in [0.05, 0.1) is 7.11 Å². The standard InChI is InChI=1S/C20H31N3O.HI/c1-4-21-19(23-13-11-20(15-23)9-5-10-20)22-12-8-17-7-6-16(2)18(14-17)24-3;/h6-7,14H,4-5,8-13,15H2,1-3H3,(H,21,22);1H. The zero-order valence-electron chi connectivity index (χ0n) is 15.8. The van der Waals surface area contributed by atoms with Crippen LogP contribution in [0.4, 0.5) is 0 Å². The van der Waals surface area contributed by atoms with Gasteiger partial charge in [0.1, 0.15) is 5.75 Å². The van der Waals surface area contributed by atoms with Crippen LogP contribution in [-0.4, -0.2) is 44.1 Å². The number of rotatable bonds is 5. The Morgan fingerprint density at radius 2 is 2.12 bits per heavy atom. The number of nitrogens with zero attached hydrogens (tertiary/aromatic N) is 2. The summed E-state index contributed by atoms with van der Waals surface area (Å²) in [6.45, 7) is 8.32. The summed E-state index contributed by atoms with van der Waals surface area (Å²) in [5, 5.41) is 3.48. The topological polar surface area (TPSA) is 36.9 Å². The molecule has 25 heavy (non-hydrogen) atoms. The average molecular weight is 457 g/mol. The molecule has 3 rings (SSSR count). The number of guanidine groups is 1.